The molecule has 1 heterocycles. The highest BCUT2D eigenvalue weighted by atomic mass is 79.9. The zero-order chi connectivity index (χ0) is 14.8. The number of sulfonamides is 1. The average molecular weight is 378 g/mol. The van der Waals surface area contributed by atoms with Crippen LogP contribution in [0.3, 0.4) is 0 Å². The molecule has 0 amide bonds. The number of anilines is 1. The van der Waals surface area contributed by atoms with E-state index in [9.17, 15) is 13.2 Å². The van der Waals surface area contributed by atoms with Gasteiger partial charge < -0.3 is 4.74 Å². The summed E-state index contributed by atoms with van der Waals surface area (Å²) < 4.78 is 35.4. The van der Waals surface area contributed by atoms with Crippen molar-refractivity contribution < 1.29 is 17.9 Å². The molecule has 2 aromatic rings. The van der Waals surface area contributed by atoms with Gasteiger partial charge in [0.1, 0.15) is 0 Å². The Morgan fingerprint density at radius 2 is 2.00 bits per heavy atom. The Labute approximate surface area is 127 Å². The third-order valence-corrected chi connectivity index (χ3v) is 4.88. The van der Waals surface area contributed by atoms with Gasteiger partial charge in [0, 0.05) is 16.0 Å². The number of halogens is 1. The zero-order valence-corrected chi connectivity index (χ0v) is 13.3. The highest BCUT2D eigenvalue weighted by Crippen LogP contribution is 2.23. The molecule has 10 heteroatoms. The van der Waals surface area contributed by atoms with Gasteiger partial charge in [-0.2, -0.15) is 0 Å². The van der Waals surface area contributed by atoms with Crippen LogP contribution in [0.15, 0.2) is 33.6 Å². The van der Waals surface area contributed by atoms with Gasteiger partial charge in [-0.25, -0.2) is 13.2 Å². The van der Waals surface area contributed by atoms with Crippen molar-refractivity contribution in [3.63, 3.8) is 0 Å². The Bertz CT molecular complexity index is 727. The minimum atomic E-state index is -3.81. The summed E-state index contributed by atoms with van der Waals surface area (Å²) in [6.45, 7) is 0. The molecule has 0 radical (unpaired) electrons. The van der Waals surface area contributed by atoms with Crippen molar-refractivity contribution in [3.05, 3.63) is 34.4 Å². The maximum atomic E-state index is 12.1. The number of hydrogen-bond donors (Lipinski definition) is 1. The third kappa shape index (κ3) is 3.14. The number of rotatable bonds is 4. The van der Waals surface area contributed by atoms with Crippen molar-refractivity contribution in [1.29, 1.82) is 0 Å². The van der Waals surface area contributed by atoms with E-state index in [-0.39, 0.29) is 15.6 Å². The second-order valence-corrected chi connectivity index (χ2v) is 6.85. The maximum absolute atomic E-state index is 12.1. The smallest absolute Gasteiger partial charge is 0.361 e. The largest absolute Gasteiger partial charge is 0.464 e. The summed E-state index contributed by atoms with van der Waals surface area (Å²) in [6.07, 6.45) is 0. The van der Waals surface area contributed by atoms with E-state index < -0.39 is 16.0 Å². The summed E-state index contributed by atoms with van der Waals surface area (Å²) in [6, 6.07) is 6.05. The number of esters is 1. The molecular formula is C10H8BrN3O4S2. The fraction of sp³-hybridized carbons (Fsp3) is 0.100. The van der Waals surface area contributed by atoms with E-state index in [1.54, 1.807) is 12.1 Å². The quantitative estimate of drug-likeness (QED) is 0.816. The SMILES string of the molecule is COC(=O)c1nnsc1NS(=O)(=O)c1ccc(Br)cc1. The normalized spacial score (nSPS) is 11.1. The molecule has 1 N–H and O–H groups in total. The van der Waals surface area contributed by atoms with E-state index in [1.807, 2.05) is 0 Å². The molecule has 0 atom stereocenters. The number of carbonyl (C=O) groups is 1. The first-order chi connectivity index (χ1) is 9.44. The summed E-state index contributed by atoms with van der Waals surface area (Å²) in [5, 5.41) is 3.55. The molecule has 106 valence electrons. The molecule has 0 saturated carbocycles. The van der Waals surface area contributed by atoms with Crippen LogP contribution in [0, 0.1) is 0 Å². The molecule has 0 aliphatic rings. The van der Waals surface area contributed by atoms with E-state index >= 15 is 0 Å². The molecule has 1 aromatic heterocycles. The molecule has 0 saturated heterocycles. The van der Waals surface area contributed by atoms with Crippen LogP contribution in [-0.2, 0) is 14.8 Å². The lowest BCUT2D eigenvalue weighted by atomic mass is 10.4. The second-order valence-electron chi connectivity index (χ2n) is 3.50. The maximum Gasteiger partial charge on any atom is 0.361 e. The summed E-state index contributed by atoms with van der Waals surface area (Å²) in [4.78, 5) is 11.5. The first-order valence-electron chi connectivity index (χ1n) is 5.13. The van der Waals surface area contributed by atoms with Crippen molar-refractivity contribution in [3.8, 4) is 0 Å². The fourth-order valence-electron chi connectivity index (χ4n) is 1.28. The van der Waals surface area contributed by atoms with E-state index in [1.165, 1.54) is 19.2 Å². The van der Waals surface area contributed by atoms with Gasteiger partial charge in [-0.3, -0.25) is 4.72 Å². The van der Waals surface area contributed by atoms with Crippen molar-refractivity contribution >= 4 is 48.5 Å². The van der Waals surface area contributed by atoms with Crippen molar-refractivity contribution in [2.24, 2.45) is 0 Å². The predicted molar refractivity (Wildman–Crippen MR) is 76.2 cm³/mol. The van der Waals surface area contributed by atoms with Gasteiger partial charge in [-0.1, -0.05) is 20.4 Å². The molecule has 0 aliphatic carbocycles. The molecule has 0 spiro atoms. The van der Waals surface area contributed by atoms with Crippen LogP contribution in [-0.4, -0.2) is 31.1 Å². The Hall–Kier alpha value is -1.52. The molecule has 0 bridgehead atoms. The van der Waals surface area contributed by atoms with E-state index in [4.69, 9.17) is 0 Å². The van der Waals surface area contributed by atoms with E-state index in [2.05, 4.69) is 35.0 Å². The Balaban J connectivity index is 2.32. The van der Waals surface area contributed by atoms with Crippen LogP contribution in [0.4, 0.5) is 5.00 Å². The topological polar surface area (TPSA) is 98.2 Å². The number of aromatic nitrogens is 2. The van der Waals surface area contributed by atoms with Crippen LogP contribution in [0.2, 0.25) is 0 Å². The zero-order valence-electron chi connectivity index (χ0n) is 10.0. The highest BCUT2D eigenvalue weighted by Gasteiger charge is 2.22. The van der Waals surface area contributed by atoms with Gasteiger partial charge >= 0.3 is 5.97 Å². The lowest BCUT2D eigenvalue weighted by molar-refractivity contribution is 0.0595. The molecule has 20 heavy (non-hydrogen) atoms. The van der Waals surface area contributed by atoms with Gasteiger partial charge in [0.2, 0.25) is 5.69 Å². The van der Waals surface area contributed by atoms with Crippen LogP contribution in [0.1, 0.15) is 10.5 Å². The molecule has 7 nitrogen and oxygen atoms in total. The number of hydrogen-bond acceptors (Lipinski definition) is 7. The van der Waals surface area contributed by atoms with Crippen LogP contribution in [0.25, 0.3) is 0 Å². The van der Waals surface area contributed by atoms with Gasteiger partial charge in [0.05, 0.1) is 12.0 Å². The monoisotopic (exact) mass is 377 g/mol. The average Bonchev–Trinajstić information content (AvgIpc) is 2.85. The number of methoxy groups -OCH3 is 1. The minimum Gasteiger partial charge on any atom is -0.464 e. The van der Waals surface area contributed by atoms with Gasteiger partial charge in [-0.05, 0) is 24.3 Å². The molecule has 0 fully saturated rings. The summed E-state index contributed by atoms with van der Waals surface area (Å²) in [7, 11) is -2.64. The Morgan fingerprint density at radius 3 is 2.60 bits per heavy atom. The fourth-order valence-corrected chi connectivity index (χ4v) is 3.39. The summed E-state index contributed by atoms with van der Waals surface area (Å²) in [5.41, 5.74) is -0.168. The van der Waals surface area contributed by atoms with E-state index in [0.29, 0.717) is 0 Å². The summed E-state index contributed by atoms with van der Waals surface area (Å²) in [5.74, 6) is -0.757. The molecule has 0 aliphatic heterocycles. The number of nitrogens with one attached hydrogen (secondary N) is 1. The van der Waals surface area contributed by atoms with Gasteiger partial charge in [0.25, 0.3) is 10.0 Å². The van der Waals surface area contributed by atoms with Crippen LogP contribution >= 0.6 is 27.5 Å². The number of ether oxygens (including phenoxy) is 1. The summed E-state index contributed by atoms with van der Waals surface area (Å²) >= 11 is 3.97. The number of carbonyl (C=O) groups excluding carboxylic acids is 1. The molecule has 1 aromatic carbocycles. The van der Waals surface area contributed by atoms with Gasteiger partial charge in [0.15, 0.2) is 5.00 Å². The lowest BCUT2D eigenvalue weighted by Gasteiger charge is -2.06. The first-order valence-corrected chi connectivity index (χ1v) is 8.18. The third-order valence-electron chi connectivity index (χ3n) is 2.22. The standard InChI is InChI=1S/C10H8BrN3O4S2/c1-18-10(15)8-9(19-14-12-8)13-20(16,17)7-4-2-6(11)3-5-7/h2-5,13H,1H3. The van der Waals surface area contributed by atoms with Crippen molar-refractivity contribution in [1.82, 2.24) is 9.59 Å². The number of nitrogens with zero attached hydrogens (tertiary/aromatic N) is 2. The molecule has 0 unspecified atom stereocenters. The Kier molecular flexibility index (Phi) is 4.35. The van der Waals surface area contributed by atoms with Crippen molar-refractivity contribution in [2.75, 3.05) is 11.8 Å². The van der Waals surface area contributed by atoms with E-state index in [0.717, 1.165) is 16.0 Å². The first kappa shape index (κ1) is 14.9. The number of benzene rings is 1. The van der Waals surface area contributed by atoms with Crippen molar-refractivity contribution in [2.45, 2.75) is 4.90 Å². The second kappa shape index (κ2) is 5.85. The molecule has 2 rings (SSSR count). The lowest BCUT2D eigenvalue weighted by Crippen LogP contribution is -2.15. The van der Waals surface area contributed by atoms with Gasteiger partial charge in [-0.15, -0.1) is 5.10 Å². The minimum absolute atomic E-state index is 0.0137. The van der Waals surface area contributed by atoms with Crippen LogP contribution < -0.4 is 4.72 Å². The van der Waals surface area contributed by atoms with Crippen LogP contribution in [0.5, 0.6) is 0 Å². The predicted octanol–water partition coefficient (Wildman–Crippen LogP) is 1.89. The highest BCUT2D eigenvalue weighted by molar-refractivity contribution is 9.10. The molecular weight excluding hydrogens is 370 g/mol. The Morgan fingerprint density at radius 1 is 1.35 bits per heavy atom.